The normalized spacial score (nSPS) is 11.3. The van der Waals surface area contributed by atoms with Gasteiger partial charge in [0.15, 0.2) is 46.5 Å². The summed E-state index contributed by atoms with van der Waals surface area (Å²) in [5.74, 6) is -9.07. The third kappa shape index (κ3) is 18.5. The SMILES string of the molecule is COc1ccc(N(c2ccc(C=Cc3c(F)c(F)c(C=Cc4ccc(N(c5ccc(OC)cc5)c5ccc(OC)cc5)cc4)c(F)c3F)cc2)c2ccc(OC)cc2)cc1.Cc1ccc(N(c2ccc(C)cc2)c2ccc(C=Cc3c(F)c(F)c(C=Cc4ccc(N(c5ccc(C)cc5)c5ccc(C)cc5)cc4)c(F)c3F)cc2)cc1. The molecule has 116 heavy (non-hydrogen) atoms. The molecule has 0 aromatic heterocycles. The van der Waals surface area contributed by atoms with Crippen molar-refractivity contribution >= 4 is 117 Å². The zero-order valence-electron chi connectivity index (χ0n) is 64.8. The molecule has 0 aliphatic heterocycles. The van der Waals surface area contributed by atoms with Crippen LogP contribution in [0.1, 0.15) is 66.8 Å². The first-order valence-corrected chi connectivity index (χ1v) is 37.1. The highest BCUT2D eigenvalue weighted by Gasteiger charge is 2.26. The molecule has 0 fully saturated rings. The lowest BCUT2D eigenvalue weighted by Crippen LogP contribution is -2.09. The lowest BCUT2D eigenvalue weighted by atomic mass is 10.0. The van der Waals surface area contributed by atoms with Gasteiger partial charge >= 0.3 is 0 Å². The third-order valence-corrected chi connectivity index (χ3v) is 19.5. The molecule has 0 aliphatic rings. The van der Waals surface area contributed by atoms with Crippen molar-refractivity contribution in [3.63, 3.8) is 0 Å². The highest BCUT2D eigenvalue weighted by atomic mass is 19.2. The topological polar surface area (TPSA) is 49.9 Å². The molecule has 14 rings (SSSR count). The van der Waals surface area contributed by atoms with E-state index in [1.165, 1.54) is 24.3 Å². The molecule has 0 heterocycles. The van der Waals surface area contributed by atoms with E-state index >= 15 is 35.1 Å². The summed E-state index contributed by atoms with van der Waals surface area (Å²) in [5.41, 5.74) is 14.2. The molecular formula is C100H80F8N4O4. The van der Waals surface area contributed by atoms with E-state index in [9.17, 15) is 0 Å². The summed E-state index contributed by atoms with van der Waals surface area (Å²) in [6.07, 6.45) is 9.83. The molecular weight excluding hydrogens is 1470 g/mol. The van der Waals surface area contributed by atoms with Gasteiger partial charge in [0.2, 0.25) is 0 Å². The summed E-state index contributed by atoms with van der Waals surface area (Å²) in [6.45, 7) is 8.12. The fraction of sp³-hybridized carbons (Fsp3) is 0.0800. The Balaban J connectivity index is 0.000000202. The average molecular weight is 1550 g/mol. The number of benzene rings is 14. The van der Waals surface area contributed by atoms with Crippen molar-refractivity contribution in [2.75, 3.05) is 48.0 Å². The maximum absolute atomic E-state index is 15.4. The lowest BCUT2D eigenvalue weighted by Gasteiger charge is -2.26. The first-order chi connectivity index (χ1) is 56.3. The minimum atomic E-state index is -1.50. The van der Waals surface area contributed by atoms with Crippen LogP contribution in [0.15, 0.2) is 291 Å². The summed E-state index contributed by atoms with van der Waals surface area (Å²) < 4.78 is 145. The Morgan fingerprint density at radius 1 is 0.172 bits per heavy atom. The molecule has 0 atom stereocenters. The second-order valence-corrected chi connectivity index (χ2v) is 27.3. The number of aryl methyl sites for hydroxylation is 4. The monoisotopic (exact) mass is 1550 g/mol. The van der Waals surface area contributed by atoms with E-state index in [2.05, 4.69) is 9.80 Å². The molecule has 0 aliphatic carbocycles. The molecule has 0 saturated heterocycles. The molecule has 0 unspecified atom stereocenters. The van der Waals surface area contributed by atoms with Gasteiger partial charge in [-0.1, -0.05) is 144 Å². The number of rotatable bonds is 24. The summed E-state index contributed by atoms with van der Waals surface area (Å²) in [5, 5.41) is 0. The van der Waals surface area contributed by atoms with Gasteiger partial charge in [-0.15, -0.1) is 0 Å². The van der Waals surface area contributed by atoms with Gasteiger partial charge in [-0.05, 0) is 268 Å². The van der Waals surface area contributed by atoms with Crippen molar-refractivity contribution in [2.45, 2.75) is 27.7 Å². The number of hydrogen-bond acceptors (Lipinski definition) is 8. The van der Waals surface area contributed by atoms with Crippen molar-refractivity contribution in [2.24, 2.45) is 0 Å². The Bertz CT molecular complexity index is 5220. The molecule has 0 bridgehead atoms. The fourth-order valence-corrected chi connectivity index (χ4v) is 13.1. The van der Waals surface area contributed by atoms with E-state index in [0.29, 0.717) is 45.3 Å². The highest BCUT2D eigenvalue weighted by molar-refractivity contribution is 5.85. The van der Waals surface area contributed by atoms with Crippen molar-refractivity contribution < 1.29 is 54.1 Å². The predicted octanol–water partition coefficient (Wildman–Crippen LogP) is 28.3. The number of anilines is 12. The molecule has 16 heteroatoms. The molecule has 14 aromatic carbocycles. The molecule has 0 N–H and O–H groups in total. The van der Waals surface area contributed by atoms with Gasteiger partial charge in [0.1, 0.15) is 23.0 Å². The smallest absolute Gasteiger partial charge is 0.169 e. The first kappa shape index (κ1) is 79.9. The van der Waals surface area contributed by atoms with Crippen LogP contribution in [0.3, 0.4) is 0 Å². The number of nitrogens with zero attached hydrogens (tertiary/aromatic N) is 4. The van der Waals surface area contributed by atoms with E-state index in [1.54, 1.807) is 77.0 Å². The quantitative estimate of drug-likeness (QED) is 0.0337. The minimum absolute atomic E-state index is 0.549. The lowest BCUT2D eigenvalue weighted by molar-refractivity contribution is 0.414. The Labute approximate surface area is 670 Å². The highest BCUT2D eigenvalue weighted by Crippen LogP contribution is 2.42. The Kier molecular flexibility index (Phi) is 25.2. The second kappa shape index (κ2) is 36.6. The third-order valence-electron chi connectivity index (χ3n) is 19.5. The van der Waals surface area contributed by atoms with Crippen LogP contribution in [0.5, 0.6) is 23.0 Å². The van der Waals surface area contributed by atoms with Gasteiger partial charge in [0.05, 0.1) is 50.7 Å². The molecule has 0 amide bonds. The first-order valence-electron chi connectivity index (χ1n) is 37.1. The van der Waals surface area contributed by atoms with E-state index in [-0.39, 0.29) is 0 Å². The van der Waals surface area contributed by atoms with Gasteiger partial charge in [0.25, 0.3) is 0 Å². The predicted molar refractivity (Wildman–Crippen MR) is 458 cm³/mol. The van der Waals surface area contributed by atoms with Gasteiger partial charge in [-0.25, -0.2) is 35.1 Å². The number of halogens is 8. The van der Waals surface area contributed by atoms with Crippen LogP contribution in [0.4, 0.5) is 103 Å². The number of ether oxygens (including phenoxy) is 4. The van der Waals surface area contributed by atoms with Crippen molar-refractivity contribution in [3.05, 3.63) is 404 Å². The summed E-state index contributed by atoms with van der Waals surface area (Å²) in [7, 11) is 6.39. The van der Waals surface area contributed by atoms with E-state index in [0.717, 1.165) is 115 Å². The Morgan fingerprint density at radius 3 is 0.422 bits per heavy atom. The molecule has 14 aromatic rings. The maximum atomic E-state index is 15.4. The molecule has 0 saturated carbocycles. The van der Waals surface area contributed by atoms with E-state index in [1.807, 2.05) is 280 Å². The molecule has 0 spiro atoms. The number of hydrogen-bond donors (Lipinski definition) is 0. The van der Waals surface area contributed by atoms with Crippen molar-refractivity contribution in [1.29, 1.82) is 0 Å². The van der Waals surface area contributed by atoms with Crippen LogP contribution < -0.4 is 38.5 Å². The van der Waals surface area contributed by atoms with Crippen LogP contribution in [-0.4, -0.2) is 28.4 Å². The van der Waals surface area contributed by atoms with Crippen molar-refractivity contribution in [3.8, 4) is 23.0 Å². The van der Waals surface area contributed by atoms with Crippen LogP contribution in [0, 0.1) is 74.2 Å². The summed E-state index contributed by atoms with van der Waals surface area (Å²) in [6, 6.07) is 91.8. The second-order valence-electron chi connectivity index (χ2n) is 27.3. The Morgan fingerprint density at radius 2 is 0.293 bits per heavy atom. The van der Waals surface area contributed by atoms with Crippen LogP contribution in [-0.2, 0) is 0 Å². The molecule has 0 radical (unpaired) electrons. The maximum Gasteiger partial charge on any atom is 0.169 e. The standard InChI is InChI=1S/C50H40F4N2O4.C50H40F4N2/c1-57-41-23-15-37(16-24-41)55(38-17-25-42(58-2)26-18-38)35-11-5-33(6-12-35)9-31-45-47(51)49(53)46(50(54)48(45)52)32-10-34-7-13-36(14-8-34)56(39-19-27-43(59-3)28-20-39)40-21-29-44(60-4)30-22-40;1-33-5-19-39(20-6-33)55(40-21-7-34(2)8-22-40)43-27-13-37(14-28-43)17-31-45-47(51)49(53)46(50(54)48(45)52)32-18-38-15-29-44(30-16-38)56(41-23-9-35(3)10-24-41)42-25-11-36(4)12-26-42/h5-32H,1-4H3;5-32H,1-4H3. The zero-order valence-corrected chi connectivity index (χ0v) is 64.8. The summed E-state index contributed by atoms with van der Waals surface area (Å²) >= 11 is 0. The largest absolute Gasteiger partial charge is 0.497 e. The van der Waals surface area contributed by atoms with Gasteiger partial charge in [0, 0.05) is 68.2 Å². The van der Waals surface area contributed by atoms with Crippen molar-refractivity contribution in [1.82, 2.24) is 0 Å². The van der Waals surface area contributed by atoms with Crippen LogP contribution in [0.2, 0.25) is 0 Å². The van der Waals surface area contributed by atoms with E-state index in [4.69, 9.17) is 18.9 Å². The fourth-order valence-electron chi connectivity index (χ4n) is 13.1. The summed E-state index contributed by atoms with van der Waals surface area (Å²) in [4.78, 5) is 8.22. The molecule has 8 nitrogen and oxygen atoms in total. The zero-order chi connectivity index (χ0) is 81.5. The average Bonchev–Trinajstić information content (AvgIpc) is 0.799. The van der Waals surface area contributed by atoms with E-state index < -0.39 is 68.8 Å². The number of methoxy groups -OCH3 is 4. The Hall–Kier alpha value is -14.1. The molecule has 580 valence electrons. The van der Waals surface area contributed by atoms with Gasteiger partial charge in [-0.2, -0.15) is 0 Å². The van der Waals surface area contributed by atoms with Crippen LogP contribution >= 0.6 is 0 Å². The van der Waals surface area contributed by atoms with Crippen LogP contribution in [0.25, 0.3) is 48.6 Å². The minimum Gasteiger partial charge on any atom is -0.497 e. The van der Waals surface area contributed by atoms with Gasteiger partial charge < -0.3 is 38.5 Å². The van der Waals surface area contributed by atoms with Gasteiger partial charge in [-0.3, -0.25) is 0 Å².